The van der Waals surface area contributed by atoms with E-state index in [-0.39, 0.29) is 23.0 Å². The van der Waals surface area contributed by atoms with Crippen molar-refractivity contribution in [1.29, 1.82) is 0 Å². The zero-order valence-corrected chi connectivity index (χ0v) is 12.3. The van der Waals surface area contributed by atoms with Crippen molar-refractivity contribution >= 4 is 5.91 Å². The molecular formula is C14H28N2O. The molecular weight excluding hydrogens is 212 g/mol. The molecule has 1 aliphatic rings. The van der Waals surface area contributed by atoms with E-state index < -0.39 is 0 Å². The summed E-state index contributed by atoms with van der Waals surface area (Å²) in [6.07, 6.45) is 3.21. The summed E-state index contributed by atoms with van der Waals surface area (Å²) in [7, 11) is 0. The van der Waals surface area contributed by atoms with E-state index in [4.69, 9.17) is 0 Å². The number of nitrogens with one attached hydrogen (secondary N) is 1. The second-order valence-electron chi connectivity index (χ2n) is 6.63. The summed E-state index contributed by atoms with van der Waals surface area (Å²) in [6.45, 7) is 13.7. The first-order valence-corrected chi connectivity index (χ1v) is 6.82. The maximum atomic E-state index is 12.5. The van der Waals surface area contributed by atoms with E-state index in [1.54, 1.807) is 0 Å². The van der Waals surface area contributed by atoms with Crippen LogP contribution in [0.5, 0.6) is 0 Å². The summed E-state index contributed by atoms with van der Waals surface area (Å²) in [4.78, 5) is 14.5. The molecule has 0 aliphatic carbocycles. The number of rotatable bonds is 4. The third-order valence-corrected chi connectivity index (χ3v) is 3.51. The minimum absolute atomic E-state index is 0.155. The summed E-state index contributed by atoms with van der Waals surface area (Å²) in [5.41, 5.74) is -0.201. The zero-order valence-electron chi connectivity index (χ0n) is 12.3. The van der Waals surface area contributed by atoms with Crippen LogP contribution in [0.4, 0.5) is 0 Å². The Kier molecular flexibility index (Phi) is 4.23. The van der Waals surface area contributed by atoms with Gasteiger partial charge in [0.25, 0.3) is 0 Å². The number of amides is 1. The topological polar surface area (TPSA) is 32.3 Å². The van der Waals surface area contributed by atoms with Gasteiger partial charge in [-0.15, -0.1) is 0 Å². The van der Waals surface area contributed by atoms with Crippen LogP contribution < -0.4 is 5.32 Å². The minimum Gasteiger partial charge on any atom is -0.325 e. The highest BCUT2D eigenvalue weighted by Gasteiger charge is 2.46. The van der Waals surface area contributed by atoms with Crippen molar-refractivity contribution < 1.29 is 4.79 Å². The van der Waals surface area contributed by atoms with Gasteiger partial charge in [-0.1, -0.05) is 41.0 Å². The maximum Gasteiger partial charge on any atom is 0.243 e. The largest absolute Gasteiger partial charge is 0.325 e. The molecule has 1 amide bonds. The minimum atomic E-state index is -0.356. The predicted molar refractivity (Wildman–Crippen MR) is 71.7 cm³/mol. The summed E-state index contributed by atoms with van der Waals surface area (Å²) in [6, 6.07) is 0. The molecule has 1 fully saturated rings. The maximum absolute atomic E-state index is 12.5. The molecule has 0 saturated carbocycles. The van der Waals surface area contributed by atoms with Gasteiger partial charge in [-0.3, -0.25) is 10.1 Å². The molecule has 1 rings (SSSR count). The lowest BCUT2D eigenvalue weighted by Crippen LogP contribution is -2.44. The monoisotopic (exact) mass is 240 g/mol. The van der Waals surface area contributed by atoms with Crippen LogP contribution in [0.15, 0.2) is 0 Å². The van der Waals surface area contributed by atoms with Crippen LogP contribution in [-0.2, 0) is 4.79 Å². The molecule has 3 nitrogen and oxygen atoms in total. The molecule has 100 valence electrons. The number of hydrogen-bond acceptors (Lipinski definition) is 2. The van der Waals surface area contributed by atoms with Gasteiger partial charge in [-0.05, 0) is 25.2 Å². The Morgan fingerprint density at radius 3 is 2.35 bits per heavy atom. The van der Waals surface area contributed by atoms with Crippen LogP contribution >= 0.6 is 0 Å². The SMILES string of the molecule is CCCC1NC(C)(CC)C(=O)N1CC(C)(C)C. The Morgan fingerprint density at radius 1 is 1.35 bits per heavy atom. The first-order valence-electron chi connectivity index (χ1n) is 6.82. The highest BCUT2D eigenvalue weighted by atomic mass is 16.2. The lowest BCUT2D eigenvalue weighted by atomic mass is 9.94. The number of carbonyl (C=O) groups excluding carboxylic acids is 1. The second-order valence-corrected chi connectivity index (χ2v) is 6.63. The fraction of sp³-hybridized carbons (Fsp3) is 0.929. The third-order valence-electron chi connectivity index (χ3n) is 3.51. The van der Waals surface area contributed by atoms with Crippen molar-refractivity contribution in [2.75, 3.05) is 6.54 Å². The van der Waals surface area contributed by atoms with E-state index >= 15 is 0 Å². The van der Waals surface area contributed by atoms with E-state index in [1.807, 2.05) is 11.8 Å². The van der Waals surface area contributed by atoms with Crippen molar-refractivity contribution in [3.05, 3.63) is 0 Å². The third kappa shape index (κ3) is 3.21. The van der Waals surface area contributed by atoms with Crippen molar-refractivity contribution in [1.82, 2.24) is 10.2 Å². The molecule has 3 heteroatoms. The number of nitrogens with zero attached hydrogens (tertiary/aromatic N) is 1. The van der Waals surface area contributed by atoms with Gasteiger partial charge in [0.2, 0.25) is 5.91 Å². The molecule has 0 aromatic rings. The molecule has 1 heterocycles. The van der Waals surface area contributed by atoms with Crippen molar-refractivity contribution in [3.8, 4) is 0 Å². The smallest absolute Gasteiger partial charge is 0.243 e. The standard InChI is InChI=1S/C14H28N2O/c1-7-9-11-15-14(6,8-2)12(17)16(11)10-13(3,4)5/h11,15H,7-10H2,1-6H3. The van der Waals surface area contributed by atoms with Gasteiger partial charge in [-0.25, -0.2) is 0 Å². The Bertz CT molecular complexity index is 282. The van der Waals surface area contributed by atoms with Crippen LogP contribution in [0.2, 0.25) is 0 Å². The predicted octanol–water partition coefficient (Wildman–Crippen LogP) is 2.76. The summed E-state index contributed by atoms with van der Waals surface area (Å²) >= 11 is 0. The van der Waals surface area contributed by atoms with Crippen molar-refractivity contribution in [2.45, 2.75) is 72.5 Å². The zero-order chi connectivity index (χ0) is 13.3. The van der Waals surface area contributed by atoms with Crippen LogP contribution in [0.3, 0.4) is 0 Å². The van der Waals surface area contributed by atoms with Gasteiger partial charge in [0.1, 0.15) is 0 Å². The van der Waals surface area contributed by atoms with E-state index in [9.17, 15) is 4.79 Å². The van der Waals surface area contributed by atoms with E-state index in [0.29, 0.717) is 0 Å². The average Bonchev–Trinajstić information content (AvgIpc) is 2.43. The molecule has 2 unspecified atom stereocenters. The van der Waals surface area contributed by atoms with Gasteiger partial charge in [0, 0.05) is 6.54 Å². The molecule has 0 radical (unpaired) electrons. The van der Waals surface area contributed by atoms with Gasteiger partial charge in [0.15, 0.2) is 0 Å². The Hall–Kier alpha value is -0.570. The lowest BCUT2D eigenvalue weighted by molar-refractivity contribution is -0.134. The molecule has 2 atom stereocenters. The quantitative estimate of drug-likeness (QED) is 0.819. The number of carbonyl (C=O) groups is 1. The molecule has 0 aromatic heterocycles. The van der Waals surface area contributed by atoms with Crippen molar-refractivity contribution in [3.63, 3.8) is 0 Å². The van der Waals surface area contributed by atoms with Crippen molar-refractivity contribution in [2.24, 2.45) is 5.41 Å². The molecule has 17 heavy (non-hydrogen) atoms. The number of hydrogen-bond donors (Lipinski definition) is 1. The normalized spacial score (nSPS) is 30.1. The molecule has 0 spiro atoms. The fourth-order valence-electron chi connectivity index (χ4n) is 2.41. The van der Waals surface area contributed by atoms with Crippen LogP contribution in [-0.4, -0.2) is 29.1 Å². The summed E-state index contributed by atoms with van der Waals surface area (Å²) in [5.74, 6) is 0.272. The Balaban J connectivity index is 2.87. The van der Waals surface area contributed by atoms with Crippen LogP contribution in [0, 0.1) is 5.41 Å². The fourth-order valence-corrected chi connectivity index (χ4v) is 2.41. The molecule has 1 aliphatic heterocycles. The van der Waals surface area contributed by atoms with Gasteiger partial charge in [0.05, 0.1) is 11.7 Å². The van der Waals surface area contributed by atoms with Gasteiger partial charge < -0.3 is 4.90 Å². The Labute approximate surface area is 106 Å². The lowest BCUT2D eigenvalue weighted by Gasteiger charge is -2.31. The molecule has 0 bridgehead atoms. The van der Waals surface area contributed by atoms with E-state index in [0.717, 1.165) is 25.8 Å². The summed E-state index contributed by atoms with van der Waals surface area (Å²) < 4.78 is 0. The van der Waals surface area contributed by atoms with Crippen LogP contribution in [0.1, 0.15) is 60.8 Å². The average molecular weight is 240 g/mol. The molecule has 1 saturated heterocycles. The van der Waals surface area contributed by atoms with Gasteiger partial charge >= 0.3 is 0 Å². The Morgan fingerprint density at radius 2 is 1.94 bits per heavy atom. The van der Waals surface area contributed by atoms with E-state index in [1.165, 1.54) is 0 Å². The first kappa shape index (κ1) is 14.5. The van der Waals surface area contributed by atoms with Crippen LogP contribution in [0.25, 0.3) is 0 Å². The summed E-state index contributed by atoms with van der Waals surface area (Å²) in [5, 5.41) is 3.52. The second kappa shape index (κ2) is 4.97. The first-order chi connectivity index (χ1) is 7.73. The highest BCUT2D eigenvalue weighted by Crippen LogP contribution is 2.29. The highest BCUT2D eigenvalue weighted by molar-refractivity contribution is 5.88. The van der Waals surface area contributed by atoms with Gasteiger partial charge in [-0.2, -0.15) is 0 Å². The van der Waals surface area contributed by atoms with E-state index in [2.05, 4.69) is 39.9 Å². The molecule has 0 aromatic carbocycles. The molecule has 1 N–H and O–H groups in total.